The summed E-state index contributed by atoms with van der Waals surface area (Å²) in [5, 5.41) is 0. The molecule has 8 unspecified atom stereocenters. The molecule has 2 saturated heterocycles. The number of phosphoric acid groups is 1. The van der Waals surface area contributed by atoms with Crippen molar-refractivity contribution in [2.75, 3.05) is 6.61 Å². The number of carbonyl (C=O) groups is 1. The van der Waals surface area contributed by atoms with Gasteiger partial charge in [-0.1, -0.05) is 0 Å². The van der Waals surface area contributed by atoms with Crippen molar-refractivity contribution in [1.29, 1.82) is 0 Å². The van der Waals surface area contributed by atoms with Crippen LogP contribution >= 0.6 is 7.82 Å². The fraction of sp³-hybridized carbons (Fsp3) is 0.944. The predicted octanol–water partition coefficient (Wildman–Crippen LogP) is 1.53. The maximum Gasteiger partial charge on any atom is 0.530 e. The van der Waals surface area contributed by atoms with E-state index in [1.165, 1.54) is 0 Å². The number of carbonyl (C=O) groups excluding carboxylic acids is 1. The zero-order chi connectivity index (χ0) is 21.9. The van der Waals surface area contributed by atoms with Crippen molar-refractivity contribution < 1.29 is 42.2 Å². The molecule has 0 bridgehead atoms. The highest BCUT2D eigenvalue weighted by Gasteiger charge is 2.48. The van der Waals surface area contributed by atoms with Crippen LogP contribution in [0.15, 0.2) is 0 Å². The minimum Gasteiger partial charge on any atom is -0.376 e. The van der Waals surface area contributed by atoms with Crippen LogP contribution in [0.4, 0.5) is 0 Å². The van der Waals surface area contributed by atoms with Gasteiger partial charge in [0, 0.05) is 6.42 Å². The minimum absolute atomic E-state index is 0.0652. The molecule has 0 radical (unpaired) electrons. The molecule has 10 nitrogen and oxygen atoms in total. The van der Waals surface area contributed by atoms with Gasteiger partial charge in [0.2, 0.25) is 0 Å². The van der Waals surface area contributed by atoms with E-state index in [0.717, 1.165) is 0 Å². The highest BCUT2D eigenvalue weighted by atomic mass is 31.2. The van der Waals surface area contributed by atoms with E-state index < -0.39 is 50.4 Å². The number of phosphoric ester groups is 1. The lowest BCUT2D eigenvalue weighted by Gasteiger charge is -2.25. The third kappa shape index (κ3) is 6.97. The van der Waals surface area contributed by atoms with Gasteiger partial charge in [0.25, 0.3) is 0 Å². The van der Waals surface area contributed by atoms with Crippen LogP contribution < -0.4 is 5.73 Å². The summed E-state index contributed by atoms with van der Waals surface area (Å²) in [5.41, 5.74) is 6.05. The van der Waals surface area contributed by atoms with Gasteiger partial charge in [-0.3, -0.25) is 9.42 Å². The fourth-order valence-corrected chi connectivity index (χ4v) is 4.35. The van der Waals surface area contributed by atoms with E-state index >= 15 is 0 Å². The molecule has 0 aromatic heterocycles. The van der Waals surface area contributed by atoms with E-state index in [0.29, 0.717) is 6.42 Å². The molecular weight excluding hydrogens is 405 g/mol. The van der Waals surface area contributed by atoms with Gasteiger partial charge in [0.05, 0.1) is 43.2 Å². The zero-order valence-corrected chi connectivity index (χ0v) is 18.7. The lowest BCUT2D eigenvalue weighted by Crippen LogP contribution is -2.42. The molecule has 2 aliphatic rings. The van der Waals surface area contributed by atoms with Crippen LogP contribution in [-0.4, -0.2) is 72.3 Å². The Labute approximate surface area is 171 Å². The summed E-state index contributed by atoms with van der Waals surface area (Å²) in [4.78, 5) is 22.7. The van der Waals surface area contributed by atoms with Crippen molar-refractivity contribution in [3.8, 4) is 0 Å². The van der Waals surface area contributed by atoms with Crippen molar-refractivity contribution >= 4 is 13.8 Å². The Morgan fingerprint density at radius 1 is 1.21 bits per heavy atom. The van der Waals surface area contributed by atoms with Gasteiger partial charge in [-0.05, 0) is 41.5 Å². The Kier molecular flexibility index (Phi) is 8.64. The summed E-state index contributed by atoms with van der Waals surface area (Å²) in [5.74, 6) is -1.01. The van der Waals surface area contributed by atoms with E-state index in [1.54, 1.807) is 13.8 Å². The van der Waals surface area contributed by atoms with Crippen molar-refractivity contribution in [3.05, 3.63) is 0 Å². The van der Waals surface area contributed by atoms with Gasteiger partial charge in [-0.25, -0.2) is 9.36 Å². The van der Waals surface area contributed by atoms with Crippen molar-refractivity contribution in [1.82, 2.24) is 0 Å². The van der Waals surface area contributed by atoms with Crippen LogP contribution in [0.3, 0.4) is 0 Å². The first-order valence-corrected chi connectivity index (χ1v) is 11.5. The van der Waals surface area contributed by atoms with Gasteiger partial charge >= 0.3 is 13.8 Å². The van der Waals surface area contributed by atoms with Crippen LogP contribution in [-0.2, 0) is 37.4 Å². The van der Waals surface area contributed by atoms with Gasteiger partial charge in [0.1, 0.15) is 12.2 Å². The summed E-state index contributed by atoms with van der Waals surface area (Å²) < 4.78 is 44.9. The number of rotatable bonds is 9. The molecule has 0 spiro atoms. The molecule has 0 aromatic rings. The number of hydrogen-bond donors (Lipinski definition) is 2. The monoisotopic (exact) mass is 439 g/mol. The lowest BCUT2D eigenvalue weighted by atomic mass is 10.1. The van der Waals surface area contributed by atoms with E-state index in [1.807, 2.05) is 27.7 Å². The summed E-state index contributed by atoms with van der Waals surface area (Å²) in [7, 11) is -4.78. The smallest absolute Gasteiger partial charge is 0.376 e. The Bertz CT molecular complexity index is 602. The third-order valence-corrected chi connectivity index (χ3v) is 5.61. The number of nitrogens with two attached hydrogens (primary N) is 1. The van der Waals surface area contributed by atoms with Gasteiger partial charge < -0.3 is 29.2 Å². The molecule has 3 N–H and O–H groups in total. The number of hydrogen-bond acceptors (Lipinski definition) is 9. The van der Waals surface area contributed by atoms with Crippen LogP contribution in [0.1, 0.15) is 48.0 Å². The highest BCUT2D eigenvalue weighted by Crippen LogP contribution is 2.48. The first-order valence-electron chi connectivity index (χ1n) is 9.97. The summed E-state index contributed by atoms with van der Waals surface area (Å²) in [6.07, 6.45) is -3.71. The summed E-state index contributed by atoms with van der Waals surface area (Å²) in [6, 6.07) is -0.685. The second kappa shape index (κ2) is 10.2. The third-order valence-electron chi connectivity index (χ3n) is 4.69. The van der Waals surface area contributed by atoms with Crippen molar-refractivity contribution in [2.24, 2.45) is 5.73 Å². The normalized spacial score (nSPS) is 37.2. The molecule has 0 amide bonds. The van der Waals surface area contributed by atoms with E-state index in [9.17, 15) is 14.3 Å². The molecule has 0 aliphatic carbocycles. The standard InChI is InChI=1S/C18H34NO9P/c1-9(2)23-8-14-16(15(19)12(6)26-14)27-29(21,22)28-18(20)17-13(24-10(3)4)7-11(5)25-17/h9-17H,7-8,19H2,1-6H3,(H,21,22). The maximum atomic E-state index is 12.5. The van der Waals surface area contributed by atoms with Crippen LogP contribution in [0, 0.1) is 0 Å². The Morgan fingerprint density at radius 3 is 2.45 bits per heavy atom. The summed E-state index contributed by atoms with van der Waals surface area (Å²) >= 11 is 0. The van der Waals surface area contributed by atoms with Gasteiger partial charge in [-0.15, -0.1) is 0 Å². The molecule has 0 saturated carbocycles. The molecule has 11 heteroatoms. The van der Waals surface area contributed by atoms with Gasteiger partial charge in [0.15, 0.2) is 6.10 Å². The number of ether oxygens (including phenoxy) is 4. The molecule has 2 heterocycles. The van der Waals surface area contributed by atoms with Crippen LogP contribution in [0.2, 0.25) is 0 Å². The van der Waals surface area contributed by atoms with E-state index in [-0.39, 0.29) is 24.9 Å². The second-order valence-corrected chi connectivity index (χ2v) is 9.44. The lowest BCUT2D eigenvalue weighted by molar-refractivity contribution is -0.155. The Balaban J connectivity index is 2.01. The molecule has 2 fully saturated rings. The van der Waals surface area contributed by atoms with E-state index in [2.05, 4.69) is 0 Å². The molecule has 8 atom stereocenters. The predicted molar refractivity (Wildman–Crippen MR) is 103 cm³/mol. The highest BCUT2D eigenvalue weighted by molar-refractivity contribution is 7.48. The first kappa shape index (κ1) is 24.7. The van der Waals surface area contributed by atoms with Crippen molar-refractivity contribution in [3.63, 3.8) is 0 Å². The summed E-state index contributed by atoms with van der Waals surface area (Å²) in [6.45, 7) is 11.0. The van der Waals surface area contributed by atoms with Crippen LogP contribution in [0.5, 0.6) is 0 Å². The molecule has 0 aromatic carbocycles. The van der Waals surface area contributed by atoms with Crippen molar-refractivity contribution in [2.45, 2.75) is 103 Å². The average molecular weight is 439 g/mol. The van der Waals surface area contributed by atoms with Crippen LogP contribution in [0.25, 0.3) is 0 Å². The Morgan fingerprint density at radius 2 is 1.86 bits per heavy atom. The quantitative estimate of drug-likeness (QED) is 0.509. The Hall–Kier alpha value is -0.580. The molecule has 2 aliphatic heterocycles. The first-order chi connectivity index (χ1) is 13.4. The van der Waals surface area contributed by atoms with E-state index in [4.69, 9.17) is 33.7 Å². The molecule has 170 valence electrons. The molecular formula is C18H34NO9P. The second-order valence-electron chi connectivity index (χ2n) is 8.11. The zero-order valence-electron chi connectivity index (χ0n) is 17.8. The minimum atomic E-state index is -4.78. The van der Waals surface area contributed by atoms with Gasteiger partial charge in [-0.2, -0.15) is 0 Å². The topological polar surface area (TPSA) is 136 Å². The fourth-order valence-electron chi connectivity index (χ4n) is 3.39. The largest absolute Gasteiger partial charge is 0.530 e. The molecule has 2 rings (SSSR count). The maximum absolute atomic E-state index is 12.5. The molecule has 29 heavy (non-hydrogen) atoms. The SMILES string of the molecule is CC(C)OCC1OC(C)C(N)C1OP(=O)(O)OC(=O)C1OC(C)CC1OC(C)C. The average Bonchev–Trinajstić information content (AvgIpc) is 3.06.